The number of rotatable bonds is 10. The number of hydrogen-bond acceptors (Lipinski definition) is 8. The molecule has 0 spiro atoms. The molecule has 10 heteroatoms. The average molecular weight is 455 g/mol. The van der Waals surface area contributed by atoms with Crippen LogP contribution in [0.4, 0.5) is 31.9 Å². The number of nitriles is 1. The Bertz CT molecular complexity index is 1140. The van der Waals surface area contributed by atoms with E-state index in [4.69, 9.17) is 14.7 Å². The predicted octanol–water partition coefficient (Wildman–Crippen LogP) is 4.46. The second-order valence-corrected chi connectivity index (χ2v) is 7.11. The van der Waals surface area contributed by atoms with Crippen molar-refractivity contribution < 1.29 is 23.4 Å². The summed E-state index contributed by atoms with van der Waals surface area (Å²) in [6, 6.07) is 12.8. The van der Waals surface area contributed by atoms with Crippen LogP contribution in [0, 0.1) is 28.9 Å². The highest BCUT2D eigenvalue weighted by atomic mass is 19.1. The van der Waals surface area contributed by atoms with Crippen LogP contribution >= 0.6 is 0 Å². The molecule has 172 valence electrons. The smallest absolute Gasteiger partial charge is 0.229 e. The van der Waals surface area contributed by atoms with E-state index < -0.39 is 23.7 Å². The third kappa shape index (κ3) is 6.35. The molecule has 0 aliphatic rings. The summed E-state index contributed by atoms with van der Waals surface area (Å²) in [5.41, 5.74) is 1.31. The van der Waals surface area contributed by atoms with Gasteiger partial charge in [-0.1, -0.05) is 12.1 Å². The van der Waals surface area contributed by atoms with Gasteiger partial charge in [0, 0.05) is 24.6 Å². The van der Waals surface area contributed by atoms with E-state index in [1.807, 2.05) is 6.07 Å². The molecule has 2 atom stereocenters. The van der Waals surface area contributed by atoms with Crippen molar-refractivity contribution >= 4 is 23.1 Å². The molecule has 0 bridgehead atoms. The number of nitrogens with one attached hydrogen (secondary N) is 2. The first kappa shape index (κ1) is 23.8. The molecule has 3 aromatic rings. The van der Waals surface area contributed by atoms with Crippen LogP contribution in [0.2, 0.25) is 0 Å². The average Bonchev–Trinajstić information content (AvgIpc) is 2.82. The number of nitrogens with zero attached hydrogens (tertiary/aromatic N) is 3. The van der Waals surface area contributed by atoms with E-state index >= 15 is 0 Å². The van der Waals surface area contributed by atoms with Crippen LogP contribution in [-0.2, 0) is 4.74 Å². The SMILES string of the molecule is COCCOc1ccc(Nc2ncc(F)c(Nc3cccc(C(O)C(C)C#N)c3)n2)cc1F. The molecular formula is C23H23F2N5O3. The number of halogens is 2. The number of ether oxygens (including phenoxy) is 2. The zero-order valence-electron chi connectivity index (χ0n) is 18.0. The number of aromatic nitrogens is 2. The summed E-state index contributed by atoms with van der Waals surface area (Å²) in [5, 5.41) is 24.9. The van der Waals surface area contributed by atoms with Gasteiger partial charge in [0.1, 0.15) is 6.61 Å². The van der Waals surface area contributed by atoms with Gasteiger partial charge in [0.05, 0.1) is 30.9 Å². The predicted molar refractivity (Wildman–Crippen MR) is 119 cm³/mol. The van der Waals surface area contributed by atoms with Gasteiger partial charge < -0.3 is 25.2 Å². The minimum Gasteiger partial charge on any atom is -0.488 e. The summed E-state index contributed by atoms with van der Waals surface area (Å²) in [7, 11) is 1.52. The molecule has 8 nitrogen and oxygen atoms in total. The van der Waals surface area contributed by atoms with E-state index in [9.17, 15) is 13.9 Å². The van der Waals surface area contributed by atoms with Crippen LogP contribution in [-0.4, -0.2) is 35.4 Å². The molecular weight excluding hydrogens is 432 g/mol. The number of hydrogen-bond donors (Lipinski definition) is 3. The Kier molecular flexibility index (Phi) is 8.07. The third-order valence-corrected chi connectivity index (χ3v) is 4.65. The normalized spacial score (nSPS) is 12.5. The lowest BCUT2D eigenvalue weighted by Gasteiger charge is -2.15. The zero-order valence-corrected chi connectivity index (χ0v) is 18.0. The first-order valence-corrected chi connectivity index (χ1v) is 10.1. The van der Waals surface area contributed by atoms with Gasteiger partial charge in [-0.25, -0.2) is 13.8 Å². The number of anilines is 4. The van der Waals surface area contributed by atoms with Gasteiger partial charge in [-0.15, -0.1) is 0 Å². The molecule has 1 heterocycles. The summed E-state index contributed by atoms with van der Waals surface area (Å²) in [6.45, 7) is 2.15. The lowest BCUT2D eigenvalue weighted by molar-refractivity contribution is 0.143. The minimum atomic E-state index is -0.986. The molecule has 0 amide bonds. The second-order valence-electron chi connectivity index (χ2n) is 7.11. The van der Waals surface area contributed by atoms with Gasteiger partial charge >= 0.3 is 0 Å². The first-order valence-electron chi connectivity index (χ1n) is 10.1. The number of aliphatic hydroxyl groups is 1. The quantitative estimate of drug-likeness (QED) is 0.384. The molecule has 0 fully saturated rings. The minimum absolute atomic E-state index is 0.0423. The van der Waals surface area contributed by atoms with E-state index in [2.05, 4.69) is 20.6 Å². The molecule has 2 aromatic carbocycles. The molecule has 2 unspecified atom stereocenters. The maximum absolute atomic E-state index is 14.3. The maximum atomic E-state index is 14.3. The van der Waals surface area contributed by atoms with Crippen LogP contribution in [0.5, 0.6) is 5.75 Å². The van der Waals surface area contributed by atoms with Crippen molar-refractivity contribution in [1.29, 1.82) is 5.26 Å². The van der Waals surface area contributed by atoms with E-state index in [1.165, 1.54) is 19.2 Å². The fourth-order valence-corrected chi connectivity index (χ4v) is 2.87. The van der Waals surface area contributed by atoms with E-state index in [-0.39, 0.29) is 24.1 Å². The summed E-state index contributed by atoms with van der Waals surface area (Å²) in [5.74, 6) is -1.90. The van der Waals surface area contributed by atoms with Gasteiger partial charge in [0.15, 0.2) is 23.2 Å². The summed E-state index contributed by atoms with van der Waals surface area (Å²) < 4.78 is 38.7. The van der Waals surface area contributed by atoms with Gasteiger partial charge in [-0.3, -0.25) is 0 Å². The molecule has 1 aromatic heterocycles. The zero-order chi connectivity index (χ0) is 23.8. The monoisotopic (exact) mass is 455 g/mol. The maximum Gasteiger partial charge on any atom is 0.229 e. The van der Waals surface area contributed by atoms with E-state index in [0.29, 0.717) is 23.5 Å². The molecule has 0 aliphatic carbocycles. The highest BCUT2D eigenvalue weighted by molar-refractivity contribution is 5.61. The van der Waals surface area contributed by atoms with Crippen molar-refractivity contribution in [3.05, 3.63) is 65.9 Å². The van der Waals surface area contributed by atoms with Crippen molar-refractivity contribution in [3.8, 4) is 11.8 Å². The van der Waals surface area contributed by atoms with Crippen molar-refractivity contribution in [2.45, 2.75) is 13.0 Å². The standard InChI is InChI=1S/C23H23F2N5O3/c1-14(12-26)21(31)15-4-3-5-16(10-15)28-22-19(25)13-27-23(30-22)29-17-6-7-20(18(24)11-17)33-9-8-32-2/h3-7,10-11,13-14,21,31H,8-9H2,1-2H3,(H2,27,28,29,30). The largest absolute Gasteiger partial charge is 0.488 e. The van der Waals surface area contributed by atoms with Crippen LogP contribution in [0.3, 0.4) is 0 Å². The van der Waals surface area contributed by atoms with Crippen molar-refractivity contribution in [2.75, 3.05) is 31.0 Å². The highest BCUT2D eigenvalue weighted by Crippen LogP contribution is 2.27. The Hall–Kier alpha value is -3.81. The molecule has 0 aliphatic heterocycles. The topological polar surface area (TPSA) is 112 Å². The lowest BCUT2D eigenvalue weighted by Crippen LogP contribution is -2.08. The van der Waals surface area contributed by atoms with Crippen LogP contribution in [0.25, 0.3) is 0 Å². The van der Waals surface area contributed by atoms with Gasteiger partial charge in [-0.05, 0) is 36.8 Å². The number of aliphatic hydroxyl groups excluding tert-OH is 1. The Balaban J connectivity index is 1.74. The molecule has 3 N–H and O–H groups in total. The molecule has 0 radical (unpaired) electrons. The Morgan fingerprint density at radius 2 is 1.88 bits per heavy atom. The fourth-order valence-electron chi connectivity index (χ4n) is 2.87. The molecule has 33 heavy (non-hydrogen) atoms. The lowest BCUT2D eigenvalue weighted by atomic mass is 9.98. The van der Waals surface area contributed by atoms with Crippen molar-refractivity contribution in [3.63, 3.8) is 0 Å². The highest BCUT2D eigenvalue weighted by Gasteiger charge is 2.16. The summed E-state index contributed by atoms with van der Waals surface area (Å²) >= 11 is 0. The Morgan fingerprint density at radius 1 is 1.09 bits per heavy atom. The second kappa shape index (κ2) is 11.2. The van der Waals surface area contributed by atoms with Crippen LogP contribution < -0.4 is 15.4 Å². The van der Waals surface area contributed by atoms with Crippen molar-refractivity contribution in [1.82, 2.24) is 9.97 Å². The third-order valence-electron chi connectivity index (χ3n) is 4.65. The first-order chi connectivity index (χ1) is 15.9. The van der Waals surface area contributed by atoms with Crippen molar-refractivity contribution in [2.24, 2.45) is 5.92 Å². The van der Waals surface area contributed by atoms with Crippen LogP contribution in [0.1, 0.15) is 18.6 Å². The van der Waals surface area contributed by atoms with Gasteiger partial charge in [0.25, 0.3) is 0 Å². The number of methoxy groups -OCH3 is 1. The fraction of sp³-hybridized carbons (Fsp3) is 0.261. The Labute approximate surface area is 189 Å². The number of benzene rings is 2. The van der Waals surface area contributed by atoms with E-state index in [1.54, 1.807) is 37.3 Å². The van der Waals surface area contributed by atoms with E-state index in [0.717, 1.165) is 6.20 Å². The summed E-state index contributed by atoms with van der Waals surface area (Å²) in [6.07, 6.45) is -0.00671. The molecule has 0 saturated carbocycles. The molecule has 3 rings (SSSR count). The molecule has 0 saturated heterocycles. The summed E-state index contributed by atoms with van der Waals surface area (Å²) in [4.78, 5) is 7.99. The van der Waals surface area contributed by atoms with Crippen LogP contribution in [0.15, 0.2) is 48.7 Å². The Morgan fingerprint density at radius 3 is 2.61 bits per heavy atom. The van der Waals surface area contributed by atoms with Gasteiger partial charge in [-0.2, -0.15) is 10.2 Å². The van der Waals surface area contributed by atoms with Gasteiger partial charge in [0.2, 0.25) is 5.95 Å².